The number of thiol groups is 1. The molecule has 1 aliphatic carbocycles. The van der Waals surface area contributed by atoms with Crippen molar-refractivity contribution in [2.45, 2.75) is 31.8 Å². The molecule has 0 radical (unpaired) electrons. The van der Waals surface area contributed by atoms with E-state index in [0.29, 0.717) is 17.1 Å². The summed E-state index contributed by atoms with van der Waals surface area (Å²) in [5.41, 5.74) is 0.752. The van der Waals surface area contributed by atoms with Gasteiger partial charge in [-0.1, -0.05) is 18.9 Å². The van der Waals surface area contributed by atoms with Crippen molar-refractivity contribution in [2.75, 3.05) is 31.1 Å². The Labute approximate surface area is 163 Å². The molecule has 0 spiro atoms. The number of ether oxygens (including phenoxy) is 1. The second-order valence-electron chi connectivity index (χ2n) is 7.02. The van der Waals surface area contributed by atoms with E-state index in [1.54, 1.807) is 18.3 Å². The molecule has 2 aromatic rings. The molecule has 8 heteroatoms. The topological polar surface area (TPSA) is 50.6 Å². The van der Waals surface area contributed by atoms with Crippen LogP contribution in [0.25, 0.3) is 5.69 Å². The van der Waals surface area contributed by atoms with Gasteiger partial charge < -0.3 is 9.64 Å². The highest BCUT2D eigenvalue weighted by Gasteiger charge is 2.26. The third-order valence-electron chi connectivity index (χ3n) is 5.15. The largest absolute Gasteiger partial charge is 0.483 e. The van der Waals surface area contributed by atoms with Crippen molar-refractivity contribution in [3.63, 3.8) is 0 Å². The van der Waals surface area contributed by atoms with Gasteiger partial charge in [-0.25, -0.2) is 8.70 Å². The summed E-state index contributed by atoms with van der Waals surface area (Å²) in [4.78, 5) is 15.3. The first-order valence-electron chi connectivity index (χ1n) is 9.35. The highest BCUT2D eigenvalue weighted by atomic mass is 32.1. The highest BCUT2D eigenvalue weighted by Crippen LogP contribution is 2.30. The van der Waals surface area contributed by atoms with E-state index in [2.05, 4.69) is 22.8 Å². The molecule has 2 aliphatic rings. The number of anilines is 1. The molecule has 27 heavy (non-hydrogen) atoms. The molecular weight excluding hydrogens is 367 g/mol. The van der Waals surface area contributed by atoms with Crippen molar-refractivity contribution < 1.29 is 9.13 Å². The van der Waals surface area contributed by atoms with Crippen LogP contribution in [0.3, 0.4) is 0 Å². The molecule has 0 atom stereocenters. The van der Waals surface area contributed by atoms with Crippen LogP contribution in [0.15, 0.2) is 35.3 Å². The van der Waals surface area contributed by atoms with Crippen LogP contribution in [-0.4, -0.2) is 46.4 Å². The van der Waals surface area contributed by atoms with Crippen LogP contribution >= 0.6 is 12.8 Å². The van der Waals surface area contributed by atoms with Gasteiger partial charge in [0.05, 0.1) is 18.0 Å². The number of hydrogen-bond donors (Lipinski definition) is 1. The van der Waals surface area contributed by atoms with Gasteiger partial charge in [-0.3, -0.25) is 4.79 Å². The fraction of sp³-hybridized carbons (Fsp3) is 0.474. The minimum Gasteiger partial charge on any atom is -0.483 e. The van der Waals surface area contributed by atoms with Crippen LogP contribution in [-0.2, 0) is 0 Å². The van der Waals surface area contributed by atoms with E-state index < -0.39 is 5.82 Å². The maximum atomic E-state index is 13.6. The Balaban J connectivity index is 1.74. The molecule has 1 saturated carbocycles. The SMILES string of the molecule is O=c1c(OC2CCCC2)c(N2CCN(S)CC2)cnn1-c1cccc(F)c1. The Morgan fingerprint density at radius 3 is 2.59 bits per heavy atom. The predicted molar refractivity (Wildman–Crippen MR) is 105 cm³/mol. The lowest BCUT2D eigenvalue weighted by molar-refractivity contribution is 0.205. The predicted octanol–water partition coefficient (Wildman–Crippen LogP) is 2.66. The molecule has 1 aromatic carbocycles. The number of piperazine rings is 1. The first kappa shape index (κ1) is 18.3. The van der Waals surface area contributed by atoms with Gasteiger partial charge >= 0.3 is 5.56 Å². The lowest BCUT2D eigenvalue weighted by Crippen LogP contribution is -2.43. The number of benzene rings is 1. The molecule has 0 bridgehead atoms. The number of nitrogens with zero attached hydrogens (tertiary/aromatic N) is 4. The molecule has 2 fully saturated rings. The average Bonchev–Trinajstić information content (AvgIpc) is 3.17. The van der Waals surface area contributed by atoms with Crippen molar-refractivity contribution in [2.24, 2.45) is 0 Å². The molecule has 2 heterocycles. The number of halogens is 1. The Hall–Kier alpha value is -2.06. The van der Waals surface area contributed by atoms with Crippen molar-refractivity contribution in [3.05, 3.63) is 46.6 Å². The Bertz CT molecular complexity index is 861. The molecule has 4 rings (SSSR count). The summed E-state index contributed by atoms with van der Waals surface area (Å²) in [5, 5.41) is 4.30. The zero-order valence-electron chi connectivity index (χ0n) is 15.1. The van der Waals surface area contributed by atoms with Crippen molar-refractivity contribution in [1.29, 1.82) is 0 Å². The molecule has 0 amide bonds. The number of rotatable bonds is 4. The van der Waals surface area contributed by atoms with E-state index in [4.69, 9.17) is 4.74 Å². The van der Waals surface area contributed by atoms with Crippen LogP contribution in [0.4, 0.5) is 10.1 Å². The summed E-state index contributed by atoms with van der Waals surface area (Å²) in [6.07, 6.45) is 5.83. The Morgan fingerprint density at radius 2 is 1.89 bits per heavy atom. The lowest BCUT2D eigenvalue weighted by Gasteiger charge is -2.34. The van der Waals surface area contributed by atoms with Crippen molar-refractivity contribution in [1.82, 2.24) is 14.1 Å². The van der Waals surface area contributed by atoms with Gasteiger partial charge in [0, 0.05) is 26.2 Å². The van der Waals surface area contributed by atoms with E-state index in [0.717, 1.165) is 51.9 Å². The zero-order valence-corrected chi connectivity index (χ0v) is 15.9. The van der Waals surface area contributed by atoms with E-state index >= 15 is 0 Å². The van der Waals surface area contributed by atoms with Crippen LogP contribution < -0.4 is 15.2 Å². The Morgan fingerprint density at radius 1 is 1.15 bits per heavy atom. The molecule has 1 aliphatic heterocycles. The van der Waals surface area contributed by atoms with Gasteiger partial charge in [0.15, 0.2) is 0 Å². The molecule has 0 N–H and O–H groups in total. The minimum atomic E-state index is -0.409. The summed E-state index contributed by atoms with van der Waals surface area (Å²) < 4.78 is 23.0. The molecular formula is C19H23FN4O2S. The van der Waals surface area contributed by atoms with Gasteiger partial charge in [-0.05, 0) is 43.9 Å². The zero-order chi connectivity index (χ0) is 18.8. The minimum absolute atomic E-state index is 0.0472. The lowest BCUT2D eigenvalue weighted by atomic mass is 10.2. The standard InChI is InChI=1S/C19H23FN4O2S/c20-14-4-3-5-15(12-14)24-19(25)18(26-16-6-1-2-7-16)17(13-21-24)22-8-10-23(27)11-9-22/h3-5,12-13,16,27H,1-2,6-11H2. The second-order valence-corrected chi connectivity index (χ2v) is 7.59. The van der Waals surface area contributed by atoms with Crippen LogP contribution in [0.5, 0.6) is 5.75 Å². The fourth-order valence-electron chi connectivity index (χ4n) is 3.67. The molecule has 1 saturated heterocycles. The van der Waals surface area contributed by atoms with Gasteiger partial charge in [0.1, 0.15) is 11.5 Å². The van der Waals surface area contributed by atoms with Crippen molar-refractivity contribution in [3.8, 4) is 11.4 Å². The molecule has 0 unspecified atom stereocenters. The molecule has 6 nitrogen and oxygen atoms in total. The second kappa shape index (κ2) is 7.90. The normalized spacial score (nSPS) is 18.8. The summed E-state index contributed by atoms with van der Waals surface area (Å²) in [6, 6.07) is 5.87. The van der Waals surface area contributed by atoms with Crippen molar-refractivity contribution >= 4 is 18.5 Å². The van der Waals surface area contributed by atoms with E-state index in [1.165, 1.54) is 16.8 Å². The fourth-order valence-corrected chi connectivity index (χ4v) is 3.85. The van der Waals surface area contributed by atoms with Gasteiger partial charge in [-0.2, -0.15) is 9.78 Å². The van der Waals surface area contributed by atoms with Gasteiger partial charge in [0.25, 0.3) is 0 Å². The summed E-state index contributed by atoms with van der Waals surface area (Å²) in [7, 11) is 0. The average molecular weight is 390 g/mol. The third-order valence-corrected chi connectivity index (χ3v) is 5.55. The van der Waals surface area contributed by atoms with Crippen LogP contribution in [0.2, 0.25) is 0 Å². The molecule has 144 valence electrons. The van der Waals surface area contributed by atoms with E-state index in [9.17, 15) is 9.18 Å². The van der Waals surface area contributed by atoms with Gasteiger partial charge in [-0.15, -0.1) is 0 Å². The van der Waals surface area contributed by atoms with Gasteiger partial charge in [0.2, 0.25) is 5.75 Å². The monoisotopic (exact) mass is 390 g/mol. The molecule has 1 aromatic heterocycles. The smallest absolute Gasteiger partial charge is 0.316 e. The first-order chi connectivity index (χ1) is 13.1. The maximum Gasteiger partial charge on any atom is 0.316 e. The van der Waals surface area contributed by atoms with E-state index in [-0.39, 0.29) is 11.7 Å². The summed E-state index contributed by atoms with van der Waals surface area (Å²) >= 11 is 4.39. The Kier molecular flexibility index (Phi) is 5.36. The van der Waals surface area contributed by atoms with Crippen LogP contribution in [0.1, 0.15) is 25.7 Å². The number of hydrogen-bond acceptors (Lipinski definition) is 6. The van der Waals surface area contributed by atoms with Crippen LogP contribution in [0, 0.1) is 5.82 Å². The summed E-state index contributed by atoms with van der Waals surface area (Å²) in [5.74, 6) is -0.0952. The highest BCUT2D eigenvalue weighted by molar-refractivity contribution is 7.77. The maximum absolute atomic E-state index is 13.6. The number of aromatic nitrogens is 2. The summed E-state index contributed by atoms with van der Waals surface area (Å²) in [6.45, 7) is 3.07. The van der Waals surface area contributed by atoms with E-state index in [1.807, 2.05) is 4.31 Å². The quantitative estimate of drug-likeness (QED) is 0.814. The third kappa shape index (κ3) is 3.96. The first-order valence-corrected chi connectivity index (χ1v) is 9.75.